The Morgan fingerprint density at radius 1 is 0.824 bits per heavy atom. The van der Waals surface area contributed by atoms with E-state index in [9.17, 15) is 19.2 Å². The van der Waals surface area contributed by atoms with Gasteiger partial charge in [-0.3, -0.25) is 9.59 Å². The number of rotatable bonds is 4. The first-order chi connectivity index (χ1) is 7.77. The van der Waals surface area contributed by atoms with Crippen molar-refractivity contribution in [1.82, 2.24) is 0 Å². The van der Waals surface area contributed by atoms with Gasteiger partial charge in [-0.25, -0.2) is 9.59 Å². The highest BCUT2D eigenvalue weighted by Gasteiger charge is 2.34. The van der Waals surface area contributed by atoms with Crippen molar-refractivity contribution in [3.8, 4) is 0 Å². The van der Waals surface area contributed by atoms with Crippen LogP contribution < -0.4 is 11.5 Å². The standard InChI is InChI=1S/C8H6N2O7/c9-5(11)1-2(7(13)14)4(8(15)16)17-3(1)6(10)12/h(H2,9,11)(H2,10,12)(H,13,14)(H,15,16). The Hall–Kier alpha value is -2.84. The number of carbonyl (C=O) groups excluding carboxylic acids is 2. The molecule has 0 radical (unpaired) electrons. The van der Waals surface area contributed by atoms with Crippen molar-refractivity contribution in [2.75, 3.05) is 0 Å². The van der Waals surface area contributed by atoms with Crippen LogP contribution in [-0.2, 0) is 0 Å². The zero-order chi connectivity index (χ0) is 13.3. The number of carboxylic acids is 2. The molecular weight excluding hydrogens is 236 g/mol. The molecule has 1 heterocycles. The number of carboxylic acid groups (broad SMARTS) is 2. The molecule has 0 fully saturated rings. The Bertz CT molecular complexity index is 496. The van der Waals surface area contributed by atoms with E-state index in [-0.39, 0.29) is 0 Å². The minimum absolute atomic E-state index is 0.859. The maximum atomic E-state index is 11.0. The molecule has 0 unspecified atom stereocenters. The maximum absolute atomic E-state index is 11.0. The van der Waals surface area contributed by atoms with Gasteiger partial charge in [-0.05, 0) is 0 Å². The summed E-state index contributed by atoms with van der Waals surface area (Å²) < 4.78 is 4.44. The molecule has 1 aromatic rings. The van der Waals surface area contributed by atoms with E-state index in [1.165, 1.54) is 0 Å². The zero-order valence-electron chi connectivity index (χ0n) is 8.09. The fourth-order valence-corrected chi connectivity index (χ4v) is 1.19. The van der Waals surface area contributed by atoms with E-state index in [2.05, 4.69) is 4.42 Å². The van der Waals surface area contributed by atoms with Gasteiger partial charge in [-0.15, -0.1) is 0 Å². The fraction of sp³-hybridized carbons (Fsp3) is 0. The van der Waals surface area contributed by atoms with Crippen molar-refractivity contribution in [1.29, 1.82) is 0 Å². The van der Waals surface area contributed by atoms with Crippen LogP contribution in [0.5, 0.6) is 0 Å². The molecule has 0 aliphatic heterocycles. The van der Waals surface area contributed by atoms with Gasteiger partial charge in [0.1, 0.15) is 11.1 Å². The largest absolute Gasteiger partial charge is 0.478 e. The zero-order valence-corrected chi connectivity index (χ0v) is 8.09. The number of primary amides is 2. The van der Waals surface area contributed by atoms with Gasteiger partial charge in [0, 0.05) is 0 Å². The van der Waals surface area contributed by atoms with Gasteiger partial charge in [-0.1, -0.05) is 0 Å². The van der Waals surface area contributed by atoms with Crippen molar-refractivity contribution < 1.29 is 33.8 Å². The third kappa shape index (κ3) is 1.93. The molecule has 0 bridgehead atoms. The lowest BCUT2D eigenvalue weighted by Gasteiger charge is -1.95. The molecule has 0 aromatic carbocycles. The van der Waals surface area contributed by atoms with E-state index in [1.807, 2.05) is 0 Å². The summed E-state index contributed by atoms with van der Waals surface area (Å²) in [5.74, 6) is -8.14. The average molecular weight is 242 g/mol. The molecule has 0 atom stereocenters. The highest BCUT2D eigenvalue weighted by atomic mass is 16.4. The number of hydrogen-bond donors (Lipinski definition) is 4. The first-order valence-electron chi connectivity index (χ1n) is 4.00. The third-order valence-corrected chi connectivity index (χ3v) is 1.79. The van der Waals surface area contributed by atoms with Crippen molar-refractivity contribution in [2.24, 2.45) is 11.5 Å². The summed E-state index contributed by atoms with van der Waals surface area (Å²) in [6.07, 6.45) is 0. The van der Waals surface area contributed by atoms with Gasteiger partial charge >= 0.3 is 11.9 Å². The molecule has 9 heteroatoms. The summed E-state index contributed by atoms with van der Waals surface area (Å²) in [6, 6.07) is 0. The normalized spacial score (nSPS) is 9.88. The number of amides is 2. The highest BCUT2D eigenvalue weighted by Crippen LogP contribution is 2.22. The second-order valence-electron chi connectivity index (χ2n) is 2.85. The Kier molecular flexibility index (Phi) is 2.85. The molecule has 90 valence electrons. The third-order valence-electron chi connectivity index (χ3n) is 1.79. The van der Waals surface area contributed by atoms with Crippen molar-refractivity contribution in [2.45, 2.75) is 0 Å². The molecule has 0 aliphatic rings. The van der Waals surface area contributed by atoms with Crippen LogP contribution in [0.25, 0.3) is 0 Å². The van der Waals surface area contributed by atoms with Gasteiger partial charge in [0.05, 0.1) is 0 Å². The van der Waals surface area contributed by atoms with E-state index in [0.717, 1.165) is 0 Å². The van der Waals surface area contributed by atoms with Gasteiger partial charge in [-0.2, -0.15) is 0 Å². The average Bonchev–Trinajstić information content (AvgIpc) is 2.56. The number of carbonyl (C=O) groups is 4. The minimum atomic E-state index is -1.77. The van der Waals surface area contributed by atoms with E-state index in [1.54, 1.807) is 0 Å². The lowest BCUT2D eigenvalue weighted by Crippen LogP contribution is -2.21. The smallest absolute Gasteiger partial charge is 0.372 e. The van der Waals surface area contributed by atoms with Gasteiger partial charge in [0.15, 0.2) is 0 Å². The predicted molar refractivity (Wildman–Crippen MR) is 49.7 cm³/mol. The summed E-state index contributed by atoms with van der Waals surface area (Å²) in [7, 11) is 0. The molecular formula is C8H6N2O7. The Morgan fingerprint density at radius 3 is 1.65 bits per heavy atom. The molecule has 1 aromatic heterocycles. The Balaban J connectivity index is 3.73. The van der Waals surface area contributed by atoms with E-state index >= 15 is 0 Å². The quantitative estimate of drug-likeness (QED) is 0.516. The van der Waals surface area contributed by atoms with Gasteiger partial charge in [0.25, 0.3) is 11.8 Å². The summed E-state index contributed by atoms with van der Waals surface area (Å²) in [6.45, 7) is 0. The fourth-order valence-electron chi connectivity index (χ4n) is 1.19. The maximum Gasteiger partial charge on any atom is 0.372 e. The molecule has 9 nitrogen and oxygen atoms in total. The molecule has 1 rings (SSSR count). The molecule has 0 saturated carbocycles. The lowest BCUT2D eigenvalue weighted by molar-refractivity contribution is 0.0623. The summed E-state index contributed by atoms with van der Waals surface area (Å²) >= 11 is 0. The van der Waals surface area contributed by atoms with Crippen LogP contribution in [0.3, 0.4) is 0 Å². The molecule has 17 heavy (non-hydrogen) atoms. The molecule has 0 spiro atoms. The summed E-state index contributed by atoms with van der Waals surface area (Å²) in [4.78, 5) is 43.3. The van der Waals surface area contributed by atoms with Crippen LogP contribution in [0.2, 0.25) is 0 Å². The lowest BCUT2D eigenvalue weighted by atomic mass is 10.1. The summed E-state index contributed by atoms with van der Waals surface area (Å²) in [5.41, 5.74) is 7.79. The highest BCUT2D eigenvalue weighted by molar-refractivity contribution is 6.14. The van der Waals surface area contributed by atoms with Crippen molar-refractivity contribution in [3.63, 3.8) is 0 Å². The Labute approximate surface area is 92.6 Å². The summed E-state index contributed by atoms with van der Waals surface area (Å²) in [5, 5.41) is 17.4. The van der Waals surface area contributed by atoms with Crippen LogP contribution in [-0.4, -0.2) is 34.0 Å². The van der Waals surface area contributed by atoms with Crippen LogP contribution in [0.4, 0.5) is 0 Å². The van der Waals surface area contributed by atoms with E-state index in [4.69, 9.17) is 21.7 Å². The van der Waals surface area contributed by atoms with Crippen LogP contribution >= 0.6 is 0 Å². The first-order valence-corrected chi connectivity index (χ1v) is 4.00. The van der Waals surface area contributed by atoms with Gasteiger partial charge in [0.2, 0.25) is 11.5 Å². The number of nitrogens with two attached hydrogens (primary N) is 2. The van der Waals surface area contributed by atoms with Crippen LogP contribution in [0, 0.1) is 0 Å². The number of hydrogen-bond acceptors (Lipinski definition) is 5. The minimum Gasteiger partial charge on any atom is -0.478 e. The molecule has 0 aliphatic carbocycles. The second kappa shape index (κ2) is 3.96. The van der Waals surface area contributed by atoms with Crippen molar-refractivity contribution in [3.05, 3.63) is 22.6 Å². The number of furan rings is 1. The van der Waals surface area contributed by atoms with E-state index in [0.29, 0.717) is 0 Å². The SMILES string of the molecule is NC(=O)c1oc(C(=O)O)c(C(=O)O)c1C(N)=O. The first kappa shape index (κ1) is 12.2. The monoisotopic (exact) mass is 242 g/mol. The second-order valence-corrected chi connectivity index (χ2v) is 2.85. The van der Waals surface area contributed by atoms with Crippen LogP contribution in [0.15, 0.2) is 4.42 Å². The predicted octanol–water partition coefficient (Wildman–Crippen LogP) is -1.13. The number of aromatic carboxylic acids is 2. The molecule has 2 amide bonds. The van der Waals surface area contributed by atoms with Crippen molar-refractivity contribution >= 4 is 23.8 Å². The van der Waals surface area contributed by atoms with Crippen LogP contribution in [0.1, 0.15) is 41.8 Å². The topological polar surface area (TPSA) is 174 Å². The molecule has 0 saturated heterocycles. The van der Waals surface area contributed by atoms with E-state index < -0.39 is 46.4 Å². The Morgan fingerprint density at radius 2 is 1.35 bits per heavy atom. The van der Waals surface area contributed by atoms with Gasteiger partial charge < -0.3 is 26.1 Å². The molecule has 6 N–H and O–H groups in total.